The van der Waals surface area contributed by atoms with Gasteiger partial charge in [-0.25, -0.2) is 4.98 Å². The Kier molecular flexibility index (Phi) is 7.69. The summed E-state index contributed by atoms with van der Waals surface area (Å²) >= 11 is 1.41. The monoisotopic (exact) mass is 592 g/mol. The first-order valence-electron chi connectivity index (χ1n) is 14.2. The van der Waals surface area contributed by atoms with Crippen LogP contribution >= 0.6 is 11.3 Å². The van der Waals surface area contributed by atoms with Crippen LogP contribution in [0.1, 0.15) is 44.9 Å². The van der Waals surface area contributed by atoms with Crippen molar-refractivity contribution in [1.29, 1.82) is 0 Å². The lowest BCUT2D eigenvalue weighted by atomic mass is 10.0. The topological polar surface area (TPSA) is 122 Å². The molecule has 3 heterocycles. The number of piperidine rings is 1. The molecule has 6 rings (SSSR count). The quantitative estimate of drug-likeness (QED) is 0.203. The second-order valence-corrected chi connectivity index (χ2v) is 11.9. The average molecular weight is 593 g/mol. The lowest BCUT2D eigenvalue weighted by molar-refractivity contribution is 0.0724. The van der Waals surface area contributed by atoms with Crippen LogP contribution in [0.2, 0.25) is 0 Å². The van der Waals surface area contributed by atoms with Crippen LogP contribution in [0.25, 0.3) is 21.3 Å². The van der Waals surface area contributed by atoms with Crippen molar-refractivity contribution >= 4 is 56.1 Å². The minimum atomic E-state index is -0.287. The van der Waals surface area contributed by atoms with Gasteiger partial charge >= 0.3 is 0 Å². The Labute approximate surface area is 253 Å². The second-order valence-electron chi connectivity index (χ2n) is 10.8. The third kappa shape index (κ3) is 5.87. The largest absolute Gasteiger partial charge is 0.399 e. The number of carbonyl (C=O) groups excluding carboxylic acids is 2. The molecule has 43 heavy (non-hydrogen) atoms. The third-order valence-electron chi connectivity index (χ3n) is 7.73. The molecular weight excluding hydrogens is 560 g/mol. The van der Waals surface area contributed by atoms with Gasteiger partial charge in [-0.05, 0) is 91.7 Å². The van der Waals surface area contributed by atoms with Gasteiger partial charge in [-0.15, -0.1) is 11.3 Å². The number of aromatic nitrogens is 2. The van der Waals surface area contributed by atoms with Crippen molar-refractivity contribution in [3.8, 4) is 11.3 Å². The van der Waals surface area contributed by atoms with E-state index in [0.717, 1.165) is 53.6 Å². The van der Waals surface area contributed by atoms with Crippen LogP contribution in [-0.4, -0.2) is 39.4 Å². The Morgan fingerprint density at radius 1 is 0.977 bits per heavy atom. The number of rotatable bonds is 6. The Morgan fingerprint density at radius 2 is 1.74 bits per heavy atom. The van der Waals surface area contributed by atoms with Gasteiger partial charge in [0.1, 0.15) is 0 Å². The van der Waals surface area contributed by atoms with Crippen LogP contribution in [0.5, 0.6) is 0 Å². The molecule has 1 fully saturated rings. The van der Waals surface area contributed by atoms with Crippen LogP contribution in [0.4, 0.5) is 22.9 Å². The van der Waals surface area contributed by atoms with Crippen molar-refractivity contribution in [2.75, 3.05) is 29.5 Å². The van der Waals surface area contributed by atoms with Crippen LogP contribution in [0.3, 0.4) is 0 Å². The number of hydrogen-bond donors (Lipinski definition) is 3. The lowest BCUT2D eigenvalue weighted by Gasteiger charge is -2.26. The van der Waals surface area contributed by atoms with E-state index in [0.29, 0.717) is 33.2 Å². The maximum absolute atomic E-state index is 13.2. The van der Waals surface area contributed by atoms with Crippen molar-refractivity contribution in [2.45, 2.75) is 26.2 Å². The number of aryl methyl sites for hydroxylation is 1. The summed E-state index contributed by atoms with van der Waals surface area (Å²) in [5, 5.41) is 7.08. The minimum absolute atomic E-state index is 0.0294. The molecule has 4 N–H and O–H groups in total. The van der Waals surface area contributed by atoms with Crippen LogP contribution in [-0.2, 0) is 7.05 Å². The van der Waals surface area contributed by atoms with Gasteiger partial charge in [0, 0.05) is 59.2 Å². The van der Waals surface area contributed by atoms with Gasteiger partial charge in [0.25, 0.3) is 17.4 Å². The van der Waals surface area contributed by atoms with E-state index < -0.39 is 0 Å². The first kappa shape index (κ1) is 28.2. The van der Waals surface area contributed by atoms with E-state index in [1.807, 2.05) is 54.3 Å². The molecule has 2 aromatic heterocycles. The van der Waals surface area contributed by atoms with E-state index in [4.69, 9.17) is 5.73 Å². The smallest absolute Gasteiger partial charge is 0.293 e. The van der Waals surface area contributed by atoms with Gasteiger partial charge in [0.15, 0.2) is 5.82 Å². The van der Waals surface area contributed by atoms with E-state index in [2.05, 4.69) is 15.6 Å². The normalized spacial score (nSPS) is 13.2. The number of thiophene rings is 1. The standard InChI is InChI=1S/C33H32N6O3S/c1-20-25(7-6-8-26(20)37-31(40)29-18-22-17-23(34)11-14-28(22)43-29)27-19-38(2)33(42)30(36-27)35-24-12-9-21(10-13-24)32(41)39-15-4-3-5-16-39/h6-14,17-19H,3-5,15-16,34H2,1-2H3,(H,35,36)(H,37,40). The summed E-state index contributed by atoms with van der Waals surface area (Å²) in [7, 11) is 1.67. The van der Waals surface area contributed by atoms with Crippen molar-refractivity contribution in [3.63, 3.8) is 0 Å². The third-order valence-corrected chi connectivity index (χ3v) is 8.85. The van der Waals surface area contributed by atoms with E-state index >= 15 is 0 Å². The molecule has 3 aromatic carbocycles. The molecule has 1 aliphatic heterocycles. The Balaban J connectivity index is 1.23. The van der Waals surface area contributed by atoms with Crippen molar-refractivity contribution in [2.24, 2.45) is 7.05 Å². The van der Waals surface area contributed by atoms with Gasteiger partial charge in [-0.1, -0.05) is 12.1 Å². The number of nitrogen functional groups attached to an aromatic ring is 1. The second kappa shape index (κ2) is 11.7. The molecule has 0 atom stereocenters. The first-order valence-corrected chi connectivity index (χ1v) is 15.0. The first-order chi connectivity index (χ1) is 20.8. The molecule has 0 saturated carbocycles. The zero-order valence-corrected chi connectivity index (χ0v) is 24.8. The number of amides is 2. The summed E-state index contributed by atoms with van der Waals surface area (Å²) in [6.45, 7) is 3.49. The fourth-order valence-electron chi connectivity index (χ4n) is 5.34. The van der Waals surface area contributed by atoms with E-state index in [9.17, 15) is 14.4 Å². The molecule has 2 amide bonds. The Morgan fingerprint density at radius 3 is 2.51 bits per heavy atom. The molecule has 1 saturated heterocycles. The molecule has 1 aliphatic rings. The number of carbonyl (C=O) groups is 2. The molecule has 0 spiro atoms. The summed E-state index contributed by atoms with van der Waals surface area (Å²) in [6.07, 6.45) is 4.91. The number of nitrogens with two attached hydrogens (primary N) is 1. The number of nitrogens with zero attached hydrogens (tertiary/aromatic N) is 3. The van der Waals surface area contributed by atoms with Crippen molar-refractivity contribution < 1.29 is 9.59 Å². The highest BCUT2D eigenvalue weighted by molar-refractivity contribution is 7.20. The van der Waals surface area contributed by atoms with Crippen LogP contribution < -0.4 is 21.9 Å². The summed E-state index contributed by atoms with van der Waals surface area (Å²) in [5.41, 5.74) is 10.4. The number of likely N-dealkylation sites (tertiary alicyclic amines) is 1. The van der Waals surface area contributed by atoms with Crippen molar-refractivity contribution in [1.82, 2.24) is 14.5 Å². The number of fused-ring (bicyclic) bond motifs is 1. The maximum Gasteiger partial charge on any atom is 0.293 e. The molecule has 0 unspecified atom stereocenters. The zero-order chi connectivity index (χ0) is 30.1. The average Bonchev–Trinajstić information content (AvgIpc) is 3.44. The van der Waals surface area contributed by atoms with E-state index in [1.165, 1.54) is 15.9 Å². The SMILES string of the molecule is Cc1c(NC(=O)c2cc3cc(N)ccc3s2)cccc1-c1cn(C)c(=O)c(Nc2ccc(C(=O)N3CCCCC3)cc2)n1. The van der Waals surface area contributed by atoms with Gasteiger partial charge in [-0.2, -0.15) is 0 Å². The van der Waals surface area contributed by atoms with Gasteiger partial charge in [0.2, 0.25) is 0 Å². The number of benzene rings is 3. The zero-order valence-electron chi connectivity index (χ0n) is 24.0. The lowest BCUT2D eigenvalue weighted by Crippen LogP contribution is -2.35. The Bertz CT molecular complexity index is 1900. The van der Waals surface area contributed by atoms with Crippen LogP contribution in [0, 0.1) is 6.92 Å². The molecule has 10 heteroatoms. The summed E-state index contributed by atoms with van der Waals surface area (Å²) in [6, 6.07) is 20.2. The maximum atomic E-state index is 13.2. The predicted molar refractivity (Wildman–Crippen MR) is 173 cm³/mol. The highest BCUT2D eigenvalue weighted by Crippen LogP contribution is 2.31. The molecule has 9 nitrogen and oxygen atoms in total. The number of anilines is 4. The van der Waals surface area contributed by atoms with Gasteiger partial charge in [0.05, 0.1) is 10.6 Å². The van der Waals surface area contributed by atoms with Gasteiger partial charge < -0.3 is 25.8 Å². The molecule has 0 aliphatic carbocycles. The fourth-order valence-corrected chi connectivity index (χ4v) is 6.27. The molecule has 0 bridgehead atoms. The molecule has 218 valence electrons. The fraction of sp³-hybridized carbons (Fsp3) is 0.212. The molecular formula is C33H32N6O3S. The van der Waals surface area contributed by atoms with Gasteiger partial charge in [-0.3, -0.25) is 14.4 Å². The molecule has 5 aromatic rings. The highest BCUT2D eigenvalue weighted by atomic mass is 32.1. The van der Waals surface area contributed by atoms with E-state index in [1.54, 1.807) is 37.5 Å². The summed E-state index contributed by atoms with van der Waals surface area (Å²) in [4.78, 5) is 46.1. The van der Waals surface area contributed by atoms with E-state index in [-0.39, 0.29) is 23.2 Å². The summed E-state index contributed by atoms with van der Waals surface area (Å²) < 4.78 is 2.47. The summed E-state index contributed by atoms with van der Waals surface area (Å²) in [5.74, 6) is -0.0201. The van der Waals surface area contributed by atoms with Crippen molar-refractivity contribution in [3.05, 3.63) is 99.3 Å². The molecule has 0 radical (unpaired) electrons. The van der Waals surface area contributed by atoms with Crippen LogP contribution in [0.15, 0.2) is 77.7 Å². The highest BCUT2D eigenvalue weighted by Gasteiger charge is 2.19. The number of nitrogens with one attached hydrogen (secondary N) is 2. The number of hydrogen-bond acceptors (Lipinski definition) is 7. The Hall–Kier alpha value is -4.96. The predicted octanol–water partition coefficient (Wildman–Crippen LogP) is 6.17. The minimum Gasteiger partial charge on any atom is -0.399 e.